The highest BCUT2D eigenvalue weighted by molar-refractivity contribution is 6.00. The minimum absolute atomic E-state index is 0.0762. The summed E-state index contributed by atoms with van der Waals surface area (Å²) in [5.41, 5.74) is 3.38. The van der Waals surface area contributed by atoms with Crippen LogP contribution in [0.15, 0.2) is 24.3 Å². The topological polar surface area (TPSA) is 58.6 Å². The smallest absolute Gasteiger partial charge is 0.327 e. The Hall–Kier alpha value is -1.92. The molecule has 1 N–H and O–H groups in total. The first-order chi connectivity index (χ1) is 11.8. The van der Waals surface area contributed by atoms with E-state index in [4.69, 9.17) is 4.74 Å². The summed E-state index contributed by atoms with van der Waals surface area (Å²) < 4.78 is 6.55. The molecule has 2 heterocycles. The second-order valence-electron chi connectivity index (χ2n) is 8.27. The first kappa shape index (κ1) is 16.5. The van der Waals surface area contributed by atoms with Gasteiger partial charge in [0.05, 0.1) is 27.2 Å². The van der Waals surface area contributed by atoms with Crippen LogP contribution in [0.2, 0.25) is 0 Å². The van der Waals surface area contributed by atoms with E-state index in [0.717, 1.165) is 37.0 Å². The molecule has 2 unspecified atom stereocenters. The largest absolute Gasteiger partial charge is 0.471 e. The van der Waals surface area contributed by atoms with Crippen LogP contribution < -0.4 is 10.2 Å². The maximum atomic E-state index is 13.1. The van der Waals surface area contributed by atoms with Crippen molar-refractivity contribution >= 4 is 11.8 Å². The van der Waals surface area contributed by atoms with Gasteiger partial charge < -0.3 is 4.74 Å². The van der Waals surface area contributed by atoms with Crippen molar-refractivity contribution in [2.45, 2.75) is 43.9 Å². The number of fused-ring (bicyclic) bond motifs is 4. The molecule has 2 aliphatic heterocycles. The molecule has 134 valence electrons. The van der Waals surface area contributed by atoms with Crippen molar-refractivity contribution in [3.8, 4) is 5.75 Å². The first-order valence-corrected chi connectivity index (χ1v) is 9.07. The van der Waals surface area contributed by atoms with Gasteiger partial charge in [-0.15, -0.1) is 0 Å². The Kier molecular flexibility index (Phi) is 3.67. The van der Waals surface area contributed by atoms with Crippen LogP contribution in [0.3, 0.4) is 0 Å². The lowest BCUT2D eigenvalue weighted by molar-refractivity contribution is -0.793. The molecule has 0 bridgehead atoms. The number of hydrazine groups is 1. The first-order valence-electron chi connectivity index (χ1n) is 9.07. The lowest BCUT2D eigenvalue weighted by atomic mass is 9.84. The SMILES string of the molecule is C[N+](C)(C)C(=O)C1C(=O)NN2C1c1ccccc1OC21CCCCC1. The van der Waals surface area contributed by atoms with Gasteiger partial charge in [-0.3, -0.25) is 14.7 Å². The van der Waals surface area contributed by atoms with Crippen molar-refractivity contribution in [1.82, 2.24) is 10.4 Å². The molecule has 1 aromatic carbocycles. The van der Waals surface area contributed by atoms with E-state index in [1.54, 1.807) is 0 Å². The monoisotopic (exact) mass is 344 g/mol. The summed E-state index contributed by atoms with van der Waals surface area (Å²) in [6.07, 6.45) is 5.04. The Morgan fingerprint density at radius 1 is 1.20 bits per heavy atom. The fourth-order valence-electron chi connectivity index (χ4n) is 4.41. The fourth-order valence-corrected chi connectivity index (χ4v) is 4.41. The van der Waals surface area contributed by atoms with Gasteiger partial charge in [0.25, 0.3) is 5.91 Å². The molecular weight excluding hydrogens is 318 g/mol. The molecule has 6 heteroatoms. The number of nitrogens with one attached hydrogen (secondary N) is 1. The lowest BCUT2D eigenvalue weighted by Gasteiger charge is -2.50. The van der Waals surface area contributed by atoms with E-state index in [9.17, 15) is 9.59 Å². The van der Waals surface area contributed by atoms with Gasteiger partial charge in [0.15, 0.2) is 11.6 Å². The molecule has 2 amide bonds. The molecule has 3 aliphatic rings. The van der Waals surface area contributed by atoms with E-state index in [1.807, 2.05) is 50.4 Å². The maximum Gasteiger partial charge on any atom is 0.327 e. The van der Waals surface area contributed by atoms with Crippen LogP contribution in [0, 0.1) is 5.92 Å². The van der Waals surface area contributed by atoms with Crippen molar-refractivity contribution < 1.29 is 18.8 Å². The second kappa shape index (κ2) is 5.54. The highest BCUT2D eigenvalue weighted by Crippen LogP contribution is 2.51. The number of carbonyl (C=O) groups excluding carboxylic acids is 2. The molecule has 1 aliphatic carbocycles. The van der Waals surface area contributed by atoms with Gasteiger partial charge in [0.1, 0.15) is 5.75 Å². The molecule has 1 spiro atoms. The Morgan fingerprint density at radius 3 is 2.56 bits per heavy atom. The third-order valence-corrected chi connectivity index (χ3v) is 5.65. The van der Waals surface area contributed by atoms with Gasteiger partial charge in [0.2, 0.25) is 0 Å². The number of ether oxygens (including phenoxy) is 1. The number of amides is 2. The Morgan fingerprint density at radius 2 is 1.88 bits per heavy atom. The van der Waals surface area contributed by atoms with Gasteiger partial charge >= 0.3 is 5.91 Å². The molecule has 1 aromatic rings. The van der Waals surface area contributed by atoms with Crippen LogP contribution in [-0.4, -0.2) is 48.2 Å². The Balaban J connectivity index is 1.83. The molecular formula is C19H26N3O3+. The number of para-hydroxylation sites is 1. The predicted molar refractivity (Wildman–Crippen MR) is 92.1 cm³/mol. The third-order valence-electron chi connectivity index (χ3n) is 5.65. The Labute approximate surface area is 148 Å². The third kappa shape index (κ3) is 2.47. The number of benzene rings is 1. The van der Waals surface area contributed by atoms with Crippen LogP contribution in [0.1, 0.15) is 43.7 Å². The van der Waals surface area contributed by atoms with Gasteiger partial charge in [-0.05, 0) is 18.9 Å². The average molecular weight is 344 g/mol. The zero-order valence-electron chi connectivity index (χ0n) is 15.1. The number of nitrogens with zero attached hydrogens (tertiary/aromatic N) is 2. The van der Waals surface area contributed by atoms with Gasteiger partial charge in [0, 0.05) is 18.4 Å². The van der Waals surface area contributed by atoms with E-state index in [0.29, 0.717) is 0 Å². The molecule has 4 rings (SSSR count). The summed E-state index contributed by atoms with van der Waals surface area (Å²) in [6, 6.07) is 7.51. The fraction of sp³-hybridized carbons (Fsp3) is 0.579. The molecule has 2 fully saturated rings. The standard InChI is InChI=1S/C19H25N3O3/c1-22(2,3)18(24)15-16-13-9-5-6-10-14(13)25-19(11-7-4-8-12-19)21(16)20-17(15)23/h5-6,9-10,15-16H,4,7-8,11-12H2,1-3H3/p+1. The second-order valence-corrected chi connectivity index (χ2v) is 8.27. The molecule has 0 radical (unpaired) electrons. The van der Waals surface area contributed by atoms with Gasteiger partial charge in [-0.2, -0.15) is 5.01 Å². The number of hydrogen-bond donors (Lipinski definition) is 1. The van der Waals surface area contributed by atoms with Crippen molar-refractivity contribution in [2.24, 2.45) is 5.92 Å². The van der Waals surface area contributed by atoms with Crippen molar-refractivity contribution in [3.05, 3.63) is 29.8 Å². The number of carbonyl (C=O) groups is 2. The molecule has 6 nitrogen and oxygen atoms in total. The zero-order chi connectivity index (χ0) is 17.8. The average Bonchev–Trinajstić information content (AvgIpc) is 2.92. The summed E-state index contributed by atoms with van der Waals surface area (Å²) in [5, 5.41) is 1.95. The van der Waals surface area contributed by atoms with Crippen molar-refractivity contribution in [3.63, 3.8) is 0 Å². The maximum absolute atomic E-state index is 13.1. The molecule has 0 aromatic heterocycles. The summed E-state index contributed by atoms with van der Waals surface area (Å²) in [4.78, 5) is 25.9. The summed E-state index contributed by atoms with van der Waals surface area (Å²) >= 11 is 0. The number of hydrogen-bond acceptors (Lipinski definition) is 4. The van der Waals surface area contributed by atoms with E-state index >= 15 is 0 Å². The summed E-state index contributed by atoms with van der Waals surface area (Å²) in [5.74, 6) is -0.203. The van der Waals surface area contributed by atoms with E-state index < -0.39 is 11.6 Å². The van der Waals surface area contributed by atoms with Crippen LogP contribution >= 0.6 is 0 Å². The summed E-state index contributed by atoms with van der Waals surface area (Å²) in [7, 11) is 5.46. The zero-order valence-corrected chi connectivity index (χ0v) is 15.1. The normalized spacial score (nSPS) is 28.0. The van der Waals surface area contributed by atoms with Crippen LogP contribution in [0.4, 0.5) is 0 Å². The number of rotatable bonds is 1. The molecule has 1 saturated carbocycles. The summed E-state index contributed by atoms with van der Waals surface area (Å²) in [6.45, 7) is 0. The highest BCUT2D eigenvalue weighted by Gasteiger charge is 2.60. The van der Waals surface area contributed by atoms with Gasteiger partial charge in [-0.25, -0.2) is 4.79 Å². The lowest BCUT2D eigenvalue weighted by Crippen LogP contribution is -2.60. The van der Waals surface area contributed by atoms with Crippen molar-refractivity contribution in [2.75, 3.05) is 21.1 Å². The van der Waals surface area contributed by atoms with E-state index in [1.165, 1.54) is 6.42 Å². The highest BCUT2D eigenvalue weighted by atomic mass is 16.5. The van der Waals surface area contributed by atoms with Crippen molar-refractivity contribution in [1.29, 1.82) is 0 Å². The number of quaternary nitrogens is 1. The van der Waals surface area contributed by atoms with E-state index in [-0.39, 0.29) is 22.3 Å². The Bertz CT molecular complexity index is 719. The molecule has 2 atom stereocenters. The quantitative estimate of drug-likeness (QED) is 0.625. The van der Waals surface area contributed by atoms with Crippen LogP contribution in [-0.2, 0) is 9.59 Å². The van der Waals surface area contributed by atoms with Gasteiger partial charge in [-0.1, -0.05) is 24.6 Å². The minimum Gasteiger partial charge on any atom is -0.471 e. The molecule has 25 heavy (non-hydrogen) atoms. The predicted octanol–water partition coefficient (Wildman–Crippen LogP) is 1.98. The minimum atomic E-state index is -0.719. The van der Waals surface area contributed by atoms with Crippen LogP contribution in [0.25, 0.3) is 0 Å². The van der Waals surface area contributed by atoms with Crippen LogP contribution in [0.5, 0.6) is 5.75 Å². The molecule has 1 saturated heterocycles. The van der Waals surface area contributed by atoms with E-state index in [2.05, 4.69) is 5.43 Å².